The number of piperidine rings is 1. The van der Waals surface area contributed by atoms with Crippen LogP contribution in [0.25, 0.3) is 0 Å². The van der Waals surface area contributed by atoms with Gasteiger partial charge in [-0.05, 0) is 30.0 Å². The van der Waals surface area contributed by atoms with E-state index in [0.717, 1.165) is 30.8 Å². The molecule has 1 N–H and O–H groups in total. The normalized spacial score (nSPS) is 21.6. The number of amides is 1. The van der Waals surface area contributed by atoms with Gasteiger partial charge in [0, 0.05) is 37.8 Å². The van der Waals surface area contributed by atoms with E-state index in [-0.39, 0.29) is 11.9 Å². The molecular formula is C23H30N2O2. The predicted molar refractivity (Wildman–Crippen MR) is 110 cm³/mol. The van der Waals surface area contributed by atoms with Crippen LogP contribution < -0.4 is 4.90 Å². The van der Waals surface area contributed by atoms with E-state index in [1.54, 1.807) is 0 Å². The van der Waals surface area contributed by atoms with Gasteiger partial charge in [0.2, 0.25) is 5.91 Å². The van der Waals surface area contributed by atoms with E-state index in [4.69, 9.17) is 0 Å². The first-order chi connectivity index (χ1) is 13.1. The lowest BCUT2D eigenvalue weighted by atomic mass is 9.91. The van der Waals surface area contributed by atoms with Crippen LogP contribution in [0.15, 0.2) is 60.7 Å². The highest BCUT2D eigenvalue weighted by molar-refractivity contribution is 5.93. The monoisotopic (exact) mass is 366 g/mol. The molecule has 3 rings (SSSR count). The van der Waals surface area contributed by atoms with Crippen molar-refractivity contribution in [1.82, 2.24) is 4.90 Å². The van der Waals surface area contributed by atoms with Crippen LogP contribution in [-0.4, -0.2) is 41.6 Å². The van der Waals surface area contributed by atoms with Gasteiger partial charge in [0.05, 0.1) is 6.10 Å². The van der Waals surface area contributed by atoms with Crippen molar-refractivity contribution in [2.45, 2.75) is 38.8 Å². The van der Waals surface area contributed by atoms with Crippen LogP contribution >= 0.6 is 0 Å². The van der Waals surface area contributed by atoms with Gasteiger partial charge in [0.1, 0.15) is 0 Å². The van der Waals surface area contributed by atoms with E-state index >= 15 is 0 Å². The van der Waals surface area contributed by atoms with Gasteiger partial charge in [-0.15, -0.1) is 0 Å². The summed E-state index contributed by atoms with van der Waals surface area (Å²) < 4.78 is 0. The van der Waals surface area contributed by atoms with Crippen molar-refractivity contribution in [3.8, 4) is 0 Å². The van der Waals surface area contributed by atoms with Crippen LogP contribution in [0.5, 0.6) is 0 Å². The number of para-hydroxylation sites is 1. The lowest BCUT2D eigenvalue weighted by molar-refractivity contribution is -0.119. The Labute approximate surface area is 162 Å². The number of rotatable bonds is 6. The van der Waals surface area contributed by atoms with E-state index in [1.807, 2.05) is 72.5 Å². The molecule has 2 aromatic rings. The van der Waals surface area contributed by atoms with Crippen molar-refractivity contribution >= 4 is 11.6 Å². The van der Waals surface area contributed by atoms with Crippen molar-refractivity contribution in [3.05, 3.63) is 66.2 Å². The molecule has 0 aromatic heterocycles. The fourth-order valence-electron chi connectivity index (χ4n) is 4.07. The minimum Gasteiger partial charge on any atom is -0.387 e. The Morgan fingerprint density at radius 1 is 1.15 bits per heavy atom. The molecule has 3 atom stereocenters. The first-order valence-electron chi connectivity index (χ1n) is 9.92. The largest absolute Gasteiger partial charge is 0.387 e. The third-order valence-electron chi connectivity index (χ3n) is 5.50. The van der Waals surface area contributed by atoms with Gasteiger partial charge in [0.25, 0.3) is 0 Å². The average molecular weight is 367 g/mol. The van der Waals surface area contributed by atoms with Gasteiger partial charge in [0.15, 0.2) is 0 Å². The number of carbonyl (C=O) groups excluding carboxylic acids is 1. The minimum absolute atomic E-state index is 0.177. The number of aliphatic hydroxyl groups is 1. The molecule has 0 radical (unpaired) electrons. The van der Waals surface area contributed by atoms with Crippen LogP contribution in [0.1, 0.15) is 38.4 Å². The van der Waals surface area contributed by atoms with E-state index < -0.39 is 6.10 Å². The van der Waals surface area contributed by atoms with Crippen LogP contribution in [0.2, 0.25) is 0 Å². The lowest BCUT2D eigenvalue weighted by Gasteiger charge is -2.43. The zero-order valence-electron chi connectivity index (χ0n) is 16.3. The summed E-state index contributed by atoms with van der Waals surface area (Å²) in [6.45, 7) is 6.54. The molecule has 1 saturated heterocycles. The van der Waals surface area contributed by atoms with Crippen molar-refractivity contribution in [1.29, 1.82) is 0 Å². The average Bonchev–Trinajstić information content (AvgIpc) is 2.71. The van der Waals surface area contributed by atoms with E-state index in [2.05, 4.69) is 11.8 Å². The van der Waals surface area contributed by atoms with E-state index in [1.165, 1.54) is 0 Å². The standard InChI is InChI=1S/C23H30N2O2/c1-3-23(27)25(20-12-8-5-9-13-20)21-14-15-24(16-18(21)2)17-22(26)19-10-6-4-7-11-19/h4-13,18,21-22,26H,3,14-17H2,1-2H3/t18-,21+,22+/m0/s1. The molecule has 4 nitrogen and oxygen atoms in total. The number of aliphatic hydroxyl groups excluding tert-OH is 1. The number of likely N-dealkylation sites (tertiary alicyclic amines) is 1. The summed E-state index contributed by atoms with van der Waals surface area (Å²) >= 11 is 0. The summed E-state index contributed by atoms with van der Waals surface area (Å²) in [5.41, 5.74) is 1.94. The quantitative estimate of drug-likeness (QED) is 0.844. The fraction of sp³-hybridized carbons (Fsp3) is 0.435. The second-order valence-electron chi connectivity index (χ2n) is 7.47. The molecule has 1 amide bonds. The van der Waals surface area contributed by atoms with Gasteiger partial charge in [-0.3, -0.25) is 9.69 Å². The van der Waals surface area contributed by atoms with E-state index in [0.29, 0.717) is 18.9 Å². The number of nitrogens with zero attached hydrogens (tertiary/aromatic N) is 2. The molecule has 1 aliphatic rings. The van der Waals surface area contributed by atoms with Crippen LogP contribution in [0.4, 0.5) is 5.69 Å². The Kier molecular flexibility index (Phi) is 6.64. The molecule has 27 heavy (non-hydrogen) atoms. The molecule has 144 valence electrons. The maximum absolute atomic E-state index is 12.7. The van der Waals surface area contributed by atoms with Gasteiger partial charge in [-0.25, -0.2) is 0 Å². The van der Waals surface area contributed by atoms with E-state index in [9.17, 15) is 9.90 Å². The van der Waals surface area contributed by atoms with Crippen molar-refractivity contribution < 1.29 is 9.90 Å². The number of β-amino-alcohol motifs (C(OH)–C–C–N with tert-alkyl or cyclic N) is 1. The Hall–Kier alpha value is -2.17. The summed E-state index contributed by atoms with van der Waals surface area (Å²) in [4.78, 5) is 17.0. The van der Waals surface area contributed by atoms with Crippen molar-refractivity contribution in [2.24, 2.45) is 5.92 Å². The smallest absolute Gasteiger partial charge is 0.226 e. The second kappa shape index (κ2) is 9.16. The number of carbonyl (C=O) groups is 1. The molecule has 2 aromatic carbocycles. The summed E-state index contributed by atoms with van der Waals surface area (Å²) in [5, 5.41) is 10.5. The zero-order chi connectivity index (χ0) is 19.2. The molecule has 0 spiro atoms. The highest BCUT2D eigenvalue weighted by atomic mass is 16.3. The van der Waals surface area contributed by atoms with Crippen LogP contribution in [0.3, 0.4) is 0 Å². The van der Waals surface area contributed by atoms with Gasteiger partial charge in [-0.2, -0.15) is 0 Å². The maximum atomic E-state index is 12.7. The van der Waals surface area contributed by atoms with Crippen molar-refractivity contribution in [2.75, 3.05) is 24.5 Å². The molecule has 1 fully saturated rings. The summed E-state index contributed by atoms with van der Waals surface area (Å²) in [7, 11) is 0. The van der Waals surface area contributed by atoms with Crippen LogP contribution in [-0.2, 0) is 4.79 Å². The first kappa shape index (κ1) is 19.6. The number of anilines is 1. The summed E-state index contributed by atoms with van der Waals surface area (Å²) in [6.07, 6.45) is 0.954. The molecule has 0 saturated carbocycles. The molecule has 1 heterocycles. The molecule has 0 bridgehead atoms. The lowest BCUT2D eigenvalue weighted by Crippen LogP contribution is -2.52. The highest BCUT2D eigenvalue weighted by Gasteiger charge is 2.34. The highest BCUT2D eigenvalue weighted by Crippen LogP contribution is 2.29. The predicted octanol–water partition coefficient (Wildman–Crippen LogP) is 3.87. The SMILES string of the molecule is CCC(=O)N(c1ccccc1)[C@@H]1CCN(C[C@@H](O)c2ccccc2)C[C@@H]1C. The summed E-state index contributed by atoms with van der Waals surface area (Å²) in [6, 6.07) is 20.0. The third kappa shape index (κ3) is 4.76. The Morgan fingerprint density at radius 3 is 2.37 bits per heavy atom. The molecule has 0 unspecified atom stereocenters. The number of benzene rings is 2. The maximum Gasteiger partial charge on any atom is 0.226 e. The van der Waals surface area contributed by atoms with Crippen LogP contribution in [0, 0.1) is 5.92 Å². The summed E-state index contributed by atoms with van der Waals surface area (Å²) in [5.74, 6) is 0.522. The van der Waals surface area contributed by atoms with Gasteiger partial charge >= 0.3 is 0 Å². The third-order valence-corrected chi connectivity index (χ3v) is 5.50. The number of hydrogen-bond donors (Lipinski definition) is 1. The first-order valence-corrected chi connectivity index (χ1v) is 9.92. The van der Waals surface area contributed by atoms with Gasteiger partial charge < -0.3 is 10.0 Å². The molecule has 1 aliphatic heterocycles. The minimum atomic E-state index is -0.475. The zero-order valence-corrected chi connectivity index (χ0v) is 16.3. The topological polar surface area (TPSA) is 43.8 Å². The van der Waals surface area contributed by atoms with Crippen molar-refractivity contribution in [3.63, 3.8) is 0 Å². The Morgan fingerprint density at radius 2 is 1.78 bits per heavy atom. The molecular weight excluding hydrogens is 336 g/mol. The Bertz CT molecular complexity index is 720. The number of hydrogen-bond acceptors (Lipinski definition) is 3. The second-order valence-corrected chi connectivity index (χ2v) is 7.47. The van der Waals surface area contributed by atoms with Gasteiger partial charge in [-0.1, -0.05) is 62.4 Å². The molecule has 4 heteroatoms. The molecule has 0 aliphatic carbocycles. The Balaban J connectivity index is 1.67. The fourth-order valence-corrected chi connectivity index (χ4v) is 4.07.